The van der Waals surface area contributed by atoms with E-state index in [0.717, 1.165) is 5.56 Å². The molecule has 6 nitrogen and oxygen atoms in total. The Labute approximate surface area is 104 Å². The lowest BCUT2D eigenvalue weighted by Crippen LogP contribution is -2.47. The van der Waals surface area contributed by atoms with Crippen LogP contribution in [0.4, 0.5) is 5.69 Å². The summed E-state index contributed by atoms with van der Waals surface area (Å²) in [4.78, 5) is 21.6. The number of non-ortho nitro benzene ring substituents is 1. The molecule has 2 N–H and O–H groups in total. The van der Waals surface area contributed by atoms with Gasteiger partial charge in [0.15, 0.2) is 0 Å². The molecule has 0 saturated heterocycles. The van der Waals surface area contributed by atoms with E-state index in [2.05, 4.69) is 5.32 Å². The molecule has 6 heteroatoms. The molecule has 1 saturated carbocycles. The average Bonchev–Trinajstić information content (AvgIpc) is 2.27. The normalized spacial score (nSPS) is 22.1. The molecule has 0 unspecified atom stereocenters. The molecule has 1 amide bonds. The minimum atomic E-state index is -0.473. The molecule has 0 bridgehead atoms. The number of aliphatic hydroxyl groups is 1. The first-order valence-electron chi connectivity index (χ1n) is 5.75. The predicted molar refractivity (Wildman–Crippen MR) is 64.0 cm³/mol. The number of benzene rings is 1. The lowest BCUT2D eigenvalue weighted by atomic mass is 9.89. The number of hydrogen-bond donors (Lipinski definition) is 2. The molecule has 1 aromatic carbocycles. The molecule has 96 valence electrons. The number of nitrogens with one attached hydrogen (secondary N) is 1. The number of nitro benzene ring substituents is 1. The van der Waals surface area contributed by atoms with E-state index in [9.17, 15) is 14.9 Å². The maximum Gasteiger partial charge on any atom is 0.269 e. The Morgan fingerprint density at radius 2 is 2.00 bits per heavy atom. The molecule has 0 aliphatic heterocycles. The fraction of sp³-hybridized carbons (Fsp3) is 0.417. The summed E-state index contributed by atoms with van der Waals surface area (Å²) >= 11 is 0. The highest BCUT2D eigenvalue weighted by Gasteiger charge is 2.28. The summed E-state index contributed by atoms with van der Waals surface area (Å²) in [7, 11) is 0. The monoisotopic (exact) mass is 250 g/mol. The third kappa shape index (κ3) is 3.04. The molecule has 0 spiro atoms. The zero-order chi connectivity index (χ0) is 13.1. The molecule has 2 rings (SSSR count). The van der Waals surface area contributed by atoms with Crippen molar-refractivity contribution in [2.24, 2.45) is 0 Å². The van der Waals surface area contributed by atoms with Gasteiger partial charge in [0.2, 0.25) is 5.91 Å². The van der Waals surface area contributed by atoms with Gasteiger partial charge < -0.3 is 10.4 Å². The largest absolute Gasteiger partial charge is 0.393 e. The highest BCUT2D eigenvalue weighted by atomic mass is 16.6. The standard InChI is InChI=1S/C12H14N2O4/c15-11-6-9(7-11)13-12(16)5-8-1-3-10(4-2-8)14(17)18/h1-4,9,11,15H,5-7H2,(H,13,16). The van der Waals surface area contributed by atoms with Crippen LogP contribution >= 0.6 is 0 Å². The van der Waals surface area contributed by atoms with Crippen molar-refractivity contribution in [3.05, 3.63) is 39.9 Å². The molecule has 1 aliphatic carbocycles. The van der Waals surface area contributed by atoms with Gasteiger partial charge in [0.05, 0.1) is 17.4 Å². The minimum Gasteiger partial charge on any atom is -0.393 e. The fourth-order valence-corrected chi connectivity index (χ4v) is 1.91. The zero-order valence-electron chi connectivity index (χ0n) is 9.70. The van der Waals surface area contributed by atoms with Crippen LogP contribution in [0.3, 0.4) is 0 Å². The molecule has 0 radical (unpaired) electrons. The Kier molecular flexibility index (Phi) is 3.57. The van der Waals surface area contributed by atoms with Crippen molar-refractivity contribution in [1.29, 1.82) is 0 Å². The van der Waals surface area contributed by atoms with E-state index in [4.69, 9.17) is 5.11 Å². The van der Waals surface area contributed by atoms with Crippen molar-refractivity contribution in [1.82, 2.24) is 5.32 Å². The van der Waals surface area contributed by atoms with E-state index < -0.39 is 4.92 Å². The second-order valence-corrected chi connectivity index (χ2v) is 4.49. The summed E-state index contributed by atoms with van der Waals surface area (Å²) in [5.74, 6) is -0.124. The van der Waals surface area contributed by atoms with Crippen molar-refractivity contribution >= 4 is 11.6 Å². The molecule has 18 heavy (non-hydrogen) atoms. The Hall–Kier alpha value is -1.95. The van der Waals surface area contributed by atoms with Crippen LogP contribution in [0.5, 0.6) is 0 Å². The van der Waals surface area contributed by atoms with Crippen molar-refractivity contribution < 1.29 is 14.8 Å². The van der Waals surface area contributed by atoms with Gasteiger partial charge >= 0.3 is 0 Å². The van der Waals surface area contributed by atoms with Crippen molar-refractivity contribution in [3.63, 3.8) is 0 Å². The number of carbonyl (C=O) groups excluding carboxylic acids is 1. The van der Waals surface area contributed by atoms with E-state index in [0.29, 0.717) is 12.8 Å². The SMILES string of the molecule is O=C(Cc1ccc([N+](=O)[O-])cc1)NC1CC(O)C1. The van der Waals surface area contributed by atoms with E-state index in [1.807, 2.05) is 0 Å². The Bertz CT molecular complexity index is 452. The Morgan fingerprint density at radius 1 is 1.39 bits per heavy atom. The topological polar surface area (TPSA) is 92.5 Å². The maximum atomic E-state index is 11.6. The van der Waals surface area contributed by atoms with Crippen LogP contribution in [0.2, 0.25) is 0 Å². The molecule has 0 atom stereocenters. The molecular formula is C12H14N2O4. The van der Waals surface area contributed by atoms with Crippen LogP contribution in [-0.4, -0.2) is 28.1 Å². The van der Waals surface area contributed by atoms with Gasteiger partial charge in [0, 0.05) is 18.2 Å². The van der Waals surface area contributed by atoms with Gasteiger partial charge in [-0.3, -0.25) is 14.9 Å². The van der Waals surface area contributed by atoms with Crippen molar-refractivity contribution in [2.45, 2.75) is 31.4 Å². The zero-order valence-corrected chi connectivity index (χ0v) is 9.70. The van der Waals surface area contributed by atoms with Crippen LogP contribution in [0.1, 0.15) is 18.4 Å². The van der Waals surface area contributed by atoms with Crippen LogP contribution in [0.25, 0.3) is 0 Å². The van der Waals surface area contributed by atoms with E-state index >= 15 is 0 Å². The Morgan fingerprint density at radius 3 is 2.50 bits per heavy atom. The summed E-state index contributed by atoms with van der Waals surface area (Å²) in [6.07, 6.45) is 1.11. The first-order valence-corrected chi connectivity index (χ1v) is 5.75. The molecule has 1 fully saturated rings. The highest BCUT2D eigenvalue weighted by molar-refractivity contribution is 5.79. The first kappa shape index (κ1) is 12.5. The molecular weight excluding hydrogens is 236 g/mol. The number of carbonyl (C=O) groups is 1. The van der Waals surface area contributed by atoms with Crippen molar-refractivity contribution in [2.75, 3.05) is 0 Å². The predicted octanol–water partition coefficient (Wildman–Crippen LogP) is 0.777. The Balaban J connectivity index is 1.85. The fourth-order valence-electron chi connectivity index (χ4n) is 1.91. The molecule has 0 aromatic heterocycles. The third-order valence-electron chi connectivity index (χ3n) is 2.99. The van der Waals surface area contributed by atoms with Crippen molar-refractivity contribution in [3.8, 4) is 0 Å². The minimum absolute atomic E-state index is 0.0151. The maximum absolute atomic E-state index is 11.6. The van der Waals surface area contributed by atoms with Gasteiger partial charge in [-0.25, -0.2) is 0 Å². The van der Waals surface area contributed by atoms with E-state index in [-0.39, 0.29) is 30.2 Å². The number of hydrogen-bond acceptors (Lipinski definition) is 4. The van der Waals surface area contributed by atoms with Crippen LogP contribution < -0.4 is 5.32 Å². The van der Waals surface area contributed by atoms with Gasteiger partial charge in [0.25, 0.3) is 5.69 Å². The number of aliphatic hydroxyl groups excluding tert-OH is 1. The lowest BCUT2D eigenvalue weighted by Gasteiger charge is -2.31. The lowest BCUT2D eigenvalue weighted by molar-refractivity contribution is -0.384. The third-order valence-corrected chi connectivity index (χ3v) is 2.99. The van der Waals surface area contributed by atoms with E-state index in [1.165, 1.54) is 12.1 Å². The van der Waals surface area contributed by atoms with Crippen LogP contribution in [0.15, 0.2) is 24.3 Å². The summed E-state index contributed by atoms with van der Waals surface area (Å²) in [5, 5.41) is 22.3. The number of rotatable bonds is 4. The smallest absolute Gasteiger partial charge is 0.269 e. The van der Waals surface area contributed by atoms with Gasteiger partial charge in [-0.05, 0) is 18.4 Å². The number of nitrogens with zero attached hydrogens (tertiary/aromatic N) is 1. The second-order valence-electron chi connectivity index (χ2n) is 4.49. The van der Waals surface area contributed by atoms with Gasteiger partial charge in [-0.15, -0.1) is 0 Å². The van der Waals surface area contributed by atoms with Gasteiger partial charge in [-0.1, -0.05) is 12.1 Å². The average molecular weight is 250 g/mol. The molecule has 1 aromatic rings. The summed E-state index contributed by atoms with van der Waals surface area (Å²) in [6, 6.07) is 5.98. The quantitative estimate of drug-likeness (QED) is 0.610. The molecule has 0 heterocycles. The van der Waals surface area contributed by atoms with Crippen LogP contribution in [-0.2, 0) is 11.2 Å². The molecule has 1 aliphatic rings. The summed E-state index contributed by atoms with van der Waals surface area (Å²) in [6.45, 7) is 0. The van der Waals surface area contributed by atoms with Gasteiger partial charge in [0.1, 0.15) is 0 Å². The highest BCUT2D eigenvalue weighted by Crippen LogP contribution is 2.19. The van der Waals surface area contributed by atoms with Gasteiger partial charge in [-0.2, -0.15) is 0 Å². The summed E-state index contributed by atoms with van der Waals surface area (Å²) < 4.78 is 0. The first-order chi connectivity index (χ1) is 8.54. The van der Waals surface area contributed by atoms with Crippen LogP contribution in [0, 0.1) is 10.1 Å². The summed E-state index contributed by atoms with van der Waals surface area (Å²) in [5.41, 5.74) is 0.749. The van der Waals surface area contributed by atoms with E-state index in [1.54, 1.807) is 12.1 Å². The number of amides is 1. The number of nitro groups is 1. The second kappa shape index (κ2) is 5.14.